The number of fused-ring (bicyclic) bond motifs is 4. The second-order valence-electron chi connectivity index (χ2n) is 9.02. The highest BCUT2D eigenvalue weighted by Crippen LogP contribution is 2.27. The molecule has 0 saturated heterocycles. The Morgan fingerprint density at radius 3 is 2.71 bits per heavy atom. The molecule has 174 valence electrons. The van der Waals surface area contributed by atoms with E-state index in [0.717, 1.165) is 17.0 Å². The lowest BCUT2D eigenvalue weighted by Gasteiger charge is -2.24. The van der Waals surface area contributed by atoms with E-state index >= 15 is 4.39 Å². The van der Waals surface area contributed by atoms with E-state index in [4.69, 9.17) is 5.73 Å². The molecule has 5 rings (SSSR count). The van der Waals surface area contributed by atoms with Crippen LogP contribution in [0.1, 0.15) is 41.4 Å². The first-order chi connectivity index (χ1) is 16.2. The molecule has 1 amide bonds. The number of nitrogens with two attached hydrogens (primary N) is 1. The van der Waals surface area contributed by atoms with Crippen molar-refractivity contribution in [1.82, 2.24) is 28.7 Å². The van der Waals surface area contributed by atoms with Crippen molar-refractivity contribution in [2.24, 2.45) is 5.92 Å². The second kappa shape index (κ2) is 8.09. The average Bonchev–Trinajstić information content (AvgIpc) is 3.32. The zero-order valence-electron chi connectivity index (χ0n) is 19.6. The predicted octanol–water partition coefficient (Wildman–Crippen LogP) is 4.17. The Balaban J connectivity index is 1.60. The molecule has 0 aliphatic carbocycles. The van der Waals surface area contributed by atoms with Gasteiger partial charge >= 0.3 is 0 Å². The smallest absolute Gasteiger partial charge is 0.257 e. The van der Waals surface area contributed by atoms with Crippen molar-refractivity contribution in [1.29, 1.82) is 0 Å². The molecule has 0 saturated carbocycles. The molecule has 0 bridgehead atoms. The van der Waals surface area contributed by atoms with Gasteiger partial charge in [-0.15, -0.1) is 0 Å². The number of hydrogen-bond acceptors (Lipinski definition) is 5. The summed E-state index contributed by atoms with van der Waals surface area (Å²) in [5.74, 6) is 0.125. The number of benzene rings is 1. The van der Waals surface area contributed by atoms with Crippen molar-refractivity contribution in [3.8, 4) is 0 Å². The summed E-state index contributed by atoms with van der Waals surface area (Å²) in [4.78, 5) is 28.8. The third-order valence-electron chi connectivity index (χ3n) is 5.88. The number of rotatable bonds is 5. The van der Waals surface area contributed by atoms with Crippen molar-refractivity contribution in [2.75, 3.05) is 12.3 Å². The van der Waals surface area contributed by atoms with Crippen LogP contribution in [0.4, 0.5) is 10.2 Å². The predicted molar refractivity (Wildman–Crippen MR) is 129 cm³/mol. The van der Waals surface area contributed by atoms with Gasteiger partial charge in [-0.1, -0.05) is 19.9 Å². The molecule has 0 spiro atoms. The highest BCUT2D eigenvalue weighted by Gasteiger charge is 2.24. The van der Waals surface area contributed by atoms with E-state index in [1.807, 2.05) is 67.1 Å². The Morgan fingerprint density at radius 1 is 1.18 bits per heavy atom. The molecular formula is C25H26FN7O. The number of carbonyl (C=O) groups is 1. The first-order valence-electron chi connectivity index (χ1n) is 11.2. The van der Waals surface area contributed by atoms with Crippen molar-refractivity contribution in [3.63, 3.8) is 0 Å². The summed E-state index contributed by atoms with van der Waals surface area (Å²) in [7, 11) is 0. The van der Waals surface area contributed by atoms with Crippen LogP contribution in [0, 0.1) is 25.6 Å². The molecule has 4 aromatic heterocycles. The number of aromatic nitrogens is 5. The first-order valence-corrected chi connectivity index (χ1v) is 11.2. The largest absolute Gasteiger partial charge is 0.382 e. The third-order valence-corrected chi connectivity index (χ3v) is 5.88. The first kappa shape index (κ1) is 21.8. The SMILES string of the molecule is Cc1nc(C)n2c1c(N)nc1cc(F)c(C(=O)N(Cc3cn4ccccc4n3)CC(C)C)cc12. The van der Waals surface area contributed by atoms with Crippen LogP contribution in [-0.4, -0.2) is 41.1 Å². The Bertz CT molecular complexity index is 1530. The van der Waals surface area contributed by atoms with Crippen molar-refractivity contribution >= 4 is 33.9 Å². The van der Waals surface area contributed by atoms with Crippen LogP contribution < -0.4 is 5.73 Å². The number of amides is 1. The number of halogens is 1. The molecule has 9 heteroatoms. The second-order valence-corrected chi connectivity index (χ2v) is 9.02. The highest BCUT2D eigenvalue weighted by atomic mass is 19.1. The van der Waals surface area contributed by atoms with E-state index in [1.165, 1.54) is 6.07 Å². The van der Waals surface area contributed by atoms with Gasteiger partial charge in [0, 0.05) is 25.0 Å². The molecule has 0 atom stereocenters. The maximum atomic E-state index is 15.2. The maximum Gasteiger partial charge on any atom is 0.257 e. The number of pyridine rings is 1. The molecule has 0 unspecified atom stereocenters. The summed E-state index contributed by atoms with van der Waals surface area (Å²) < 4.78 is 19.0. The van der Waals surface area contributed by atoms with Crippen molar-refractivity contribution in [2.45, 2.75) is 34.2 Å². The van der Waals surface area contributed by atoms with Crippen LogP contribution in [0.3, 0.4) is 0 Å². The number of aryl methyl sites for hydroxylation is 2. The van der Waals surface area contributed by atoms with Crippen LogP contribution >= 0.6 is 0 Å². The zero-order chi connectivity index (χ0) is 24.1. The molecule has 0 aliphatic heterocycles. The Morgan fingerprint density at radius 2 is 1.97 bits per heavy atom. The number of carbonyl (C=O) groups excluding carboxylic acids is 1. The molecule has 1 aromatic carbocycles. The fraction of sp³-hybridized carbons (Fsp3) is 0.280. The molecule has 0 radical (unpaired) electrons. The molecule has 0 fully saturated rings. The van der Waals surface area contributed by atoms with Gasteiger partial charge in [0.15, 0.2) is 0 Å². The lowest BCUT2D eigenvalue weighted by atomic mass is 10.1. The fourth-order valence-electron chi connectivity index (χ4n) is 4.52. The van der Waals surface area contributed by atoms with E-state index in [0.29, 0.717) is 28.9 Å². The molecule has 5 aromatic rings. The summed E-state index contributed by atoms with van der Waals surface area (Å²) >= 11 is 0. The van der Waals surface area contributed by atoms with Crippen molar-refractivity contribution < 1.29 is 9.18 Å². The summed E-state index contributed by atoms with van der Waals surface area (Å²) in [6.45, 7) is 8.47. The Labute approximate surface area is 195 Å². The number of hydrogen-bond donors (Lipinski definition) is 1. The zero-order valence-corrected chi connectivity index (χ0v) is 19.6. The number of imidazole rings is 2. The monoisotopic (exact) mass is 459 g/mol. The molecule has 2 N–H and O–H groups in total. The quantitative estimate of drug-likeness (QED) is 0.426. The highest BCUT2D eigenvalue weighted by molar-refractivity contribution is 5.98. The number of nitrogens with zero attached hydrogens (tertiary/aromatic N) is 6. The van der Waals surface area contributed by atoms with E-state index in [1.54, 1.807) is 11.0 Å². The normalized spacial score (nSPS) is 11.8. The molecule has 34 heavy (non-hydrogen) atoms. The van der Waals surface area contributed by atoms with Gasteiger partial charge in [-0.25, -0.2) is 19.3 Å². The van der Waals surface area contributed by atoms with Crippen LogP contribution in [0.5, 0.6) is 0 Å². The lowest BCUT2D eigenvalue weighted by molar-refractivity contribution is 0.0716. The van der Waals surface area contributed by atoms with Gasteiger partial charge < -0.3 is 15.0 Å². The minimum atomic E-state index is -0.637. The lowest BCUT2D eigenvalue weighted by Crippen LogP contribution is -2.34. The van der Waals surface area contributed by atoms with Gasteiger partial charge in [0.05, 0.1) is 34.5 Å². The van der Waals surface area contributed by atoms with Crippen LogP contribution in [0.2, 0.25) is 0 Å². The van der Waals surface area contributed by atoms with Gasteiger partial charge in [0.25, 0.3) is 5.91 Å². The third kappa shape index (κ3) is 3.63. The summed E-state index contributed by atoms with van der Waals surface area (Å²) in [6.07, 6.45) is 3.80. The molecule has 0 aliphatic rings. The fourth-order valence-corrected chi connectivity index (χ4v) is 4.52. The molecule has 8 nitrogen and oxygen atoms in total. The van der Waals surface area contributed by atoms with Gasteiger partial charge in [0.1, 0.15) is 28.6 Å². The van der Waals surface area contributed by atoms with E-state index < -0.39 is 11.7 Å². The van der Waals surface area contributed by atoms with E-state index in [9.17, 15) is 4.79 Å². The standard InChI is InChI=1S/C25H26FN7O/c1-14(2)11-32(13-17-12-31-8-6-5-7-22(31)29-17)25(34)18-9-21-20(10-19(18)26)30-24(27)23-15(3)28-16(4)33(21)23/h5-10,12,14H,11,13H2,1-4H3,(H2,27,30). The van der Waals surface area contributed by atoms with E-state index in [2.05, 4.69) is 15.0 Å². The van der Waals surface area contributed by atoms with Gasteiger partial charge in [-0.3, -0.25) is 9.20 Å². The molecular weight excluding hydrogens is 433 g/mol. The summed E-state index contributed by atoms with van der Waals surface area (Å²) in [6, 6.07) is 8.56. The van der Waals surface area contributed by atoms with Gasteiger partial charge in [0.2, 0.25) is 0 Å². The Hall–Kier alpha value is -4.01. The topological polar surface area (TPSA) is 93.8 Å². The van der Waals surface area contributed by atoms with Crippen molar-refractivity contribution in [3.05, 3.63) is 71.3 Å². The van der Waals surface area contributed by atoms with Gasteiger partial charge in [-0.05, 0) is 38.0 Å². The Kier molecular flexibility index (Phi) is 5.19. The van der Waals surface area contributed by atoms with Gasteiger partial charge in [-0.2, -0.15) is 0 Å². The minimum Gasteiger partial charge on any atom is -0.382 e. The summed E-state index contributed by atoms with van der Waals surface area (Å²) in [5, 5.41) is 0. The van der Waals surface area contributed by atoms with Crippen LogP contribution in [-0.2, 0) is 6.54 Å². The molecule has 4 heterocycles. The average molecular weight is 460 g/mol. The number of anilines is 1. The minimum absolute atomic E-state index is 0.0180. The number of nitrogen functional groups attached to an aromatic ring is 1. The van der Waals surface area contributed by atoms with Crippen LogP contribution in [0.15, 0.2) is 42.7 Å². The summed E-state index contributed by atoms with van der Waals surface area (Å²) in [5.41, 5.74) is 9.99. The van der Waals surface area contributed by atoms with Crippen LogP contribution in [0.25, 0.3) is 22.2 Å². The van der Waals surface area contributed by atoms with E-state index in [-0.39, 0.29) is 23.8 Å². The maximum absolute atomic E-state index is 15.2.